The molecular weight excluding hydrogens is 506 g/mol. The Morgan fingerprint density at radius 1 is 0.182 bits per heavy atom. The summed E-state index contributed by atoms with van der Waals surface area (Å²) in [4.78, 5) is 0. The van der Waals surface area contributed by atoms with Gasteiger partial charge in [0.2, 0.25) is 0 Å². The quantitative estimate of drug-likeness (QED) is 0.269. The Hall–Kier alpha value is 3.70. The predicted molar refractivity (Wildman–Crippen MR) is 31.5 cm³/mol. The van der Waals surface area contributed by atoms with Crippen molar-refractivity contribution in [3.63, 3.8) is 0 Å². The predicted octanol–water partition coefficient (Wildman–Crippen LogP) is -12.8. The van der Waals surface area contributed by atoms with Crippen LogP contribution < -0.4 is 59.1 Å². The van der Waals surface area contributed by atoms with Gasteiger partial charge in [0.1, 0.15) is 0 Å². The molecule has 0 spiro atoms. The van der Waals surface area contributed by atoms with Gasteiger partial charge in [-0.2, -0.15) is 0 Å². The topological polar surface area (TPSA) is 477 Å². The molecule has 16 nitrogen and oxygen atoms in total. The van der Waals surface area contributed by atoms with Crippen LogP contribution in [0, 0.1) is 0 Å². The van der Waals surface area contributed by atoms with Crippen LogP contribution in [0.25, 0.3) is 0 Å². The SMILES string of the molecule is O.O.O.O.O.O.O.[Na+].[Na+].[O-2].[O-2].[O-2].[O-2].[O-2].[O-2].[O-2].[O-2].[O-2].[V].[V].[V].[V]. The molecule has 0 saturated carbocycles. The van der Waals surface area contributed by atoms with E-state index in [4.69, 9.17) is 0 Å². The van der Waals surface area contributed by atoms with Crippen molar-refractivity contribution in [3.8, 4) is 0 Å². The zero-order valence-corrected chi connectivity index (χ0v) is 20.5. The molecule has 14 N–H and O–H groups in total. The van der Waals surface area contributed by atoms with E-state index in [2.05, 4.69) is 0 Å². The van der Waals surface area contributed by atoms with Crippen LogP contribution in [0.5, 0.6) is 0 Å². The van der Waals surface area contributed by atoms with Crippen molar-refractivity contribution in [2.75, 3.05) is 0 Å². The van der Waals surface area contributed by atoms with Crippen LogP contribution in [-0.2, 0) is 124 Å². The normalized spacial score (nSPS) is 0. The fourth-order valence-electron chi connectivity index (χ4n) is 0. The molecule has 0 bridgehead atoms. The fraction of sp³-hybridized carbons (Fsp3) is 0. The van der Waals surface area contributed by atoms with E-state index in [1.807, 2.05) is 0 Å². The number of rotatable bonds is 0. The maximum absolute atomic E-state index is 0. The van der Waals surface area contributed by atoms with E-state index in [0.717, 1.165) is 0 Å². The Bertz CT molecular complexity index is 24.1. The van der Waals surface area contributed by atoms with E-state index in [-0.39, 0.29) is 221 Å². The standard InChI is InChI=1S/2Na.7H2O.9O.4V/h;;7*1H2;;;;;;;;;;;;;/q2*+1;;;;;;;;9*-2;;;;. The summed E-state index contributed by atoms with van der Waals surface area (Å²) in [5.74, 6) is 0. The van der Waals surface area contributed by atoms with Gasteiger partial charge in [0, 0.05) is 74.2 Å². The third-order valence-corrected chi connectivity index (χ3v) is 0. The second-order valence-corrected chi connectivity index (χ2v) is 0. The smallest absolute Gasteiger partial charge is 1.00 e. The first kappa shape index (κ1) is 1150. The zero-order chi connectivity index (χ0) is 0. The van der Waals surface area contributed by atoms with Crippen LogP contribution in [0.1, 0.15) is 0 Å². The molecule has 0 aromatic heterocycles. The van der Waals surface area contributed by atoms with Crippen molar-refractivity contribution in [2.45, 2.75) is 0 Å². The number of hydrogen-bond donors (Lipinski definition) is 0. The molecule has 0 saturated heterocycles. The van der Waals surface area contributed by atoms with Crippen molar-refractivity contribution >= 4 is 0 Å². The van der Waals surface area contributed by atoms with Crippen LogP contribution in [0.3, 0.4) is 0 Å². The molecule has 0 aromatic rings. The summed E-state index contributed by atoms with van der Waals surface area (Å²) in [7, 11) is 0. The van der Waals surface area contributed by atoms with Gasteiger partial charge in [0.15, 0.2) is 0 Å². The molecule has 0 heterocycles. The maximum atomic E-state index is 0. The average Bonchev–Trinajstić information content (AvgIpc) is 0. The van der Waals surface area contributed by atoms with Crippen molar-refractivity contribution in [1.82, 2.24) is 0 Å². The van der Waals surface area contributed by atoms with Gasteiger partial charge in [-0.25, -0.2) is 0 Å². The molecule has 0 unspecified atom stereocenters. The van der Waals surface area contributed by atoms with E-state index in [1.165, 1.54) is 0 Å². The van der Waals surface area contributed by atoms with Crippen LogP contribution in [0.2, 0.25) is 0 Å². The third-order valence-electron chi connectivity index (χ3n) is 0. The molecule has 0 aliphatic rings. The molecule has 4 radical (unpaired) electrons. The van der Waals surface area contributed by atoms with Crippen molar-refractivity contribution in [1.29, 1.82) is 0 Å². The minimum atomic E-state index is 0. The summed E-state index contributed by atoms with van der Waals surface area (Å²) in [6.07, 6.45) is 0. The molecule has 0 rings (SSSR count). The molecule has 0 aliphatic carbocycles. The van der Waals surface area contributed by atoms with E-state index in [0.29, 0.717) is 0 Å². The minimum absolute atomic E-state index is 0. The Morgan fingerprint density at radius 2 is 0.182 bits per heavy atom. The average molecular weight is 520 g/mol. The van der Waals surface area contributed by atoms with Crippen LogP contribution in [0.15, 0.2) is 0 Å². The van der Waals surface area contributed by atoms with Gasteiger partial charge < -0.3 is 87.6 Å². The molecule has 0 atom stereocenters. The molecule has 148 valence electrons. The Labute approximate surface area is 218 Å². The monoisotopic (exact) mass is 520 g/mol. The van der Waals surface area contributed by atoms with Gasteiger partial charge in [-0.15, -0.1) is 0 Å². The molecule has 0 amide bonds. The second kappa shape index (κ2) is 1010. The molecule has 0 fully saturated rings. The van der Waals surface area contributed by atoms with Crippen molar-refractivity contribution in [3.05, 3.63) is 0 Å². The van der Waals surface area contributed by atoms with Gasteiger partial charge >= 0.3 is 59.1 Å². The van der Waals surface area contributed by atoms with Crippen LogP contribution in [0.4, 0.5) is 0 Å². The van der Waals surface area contributed by atoms with Gasteiger partial charge in [0.05, 0.1) is 0 Å². The molecule has 22 heteroatoms. The zero-order valence-electron chi connectivity index (χ0n) is 11.0. The van der Waals surface area contributed by atoms with Crippen molar-refractivity contribution in [2.24, 2.45) is 0 Å². The fourth-order valence-corrected chi connectivity index (χ4v) is 0. The minimum Gasteiger partial charge on any atom is -2.00 e. The largest absolute Gasteiger partial charge is 2.00 e. The summed E-state index contributed by atoms with van der Waals surface area (Å²) < 4.78 is 0. The van der Waals surface area contributed by atoms with E-state index in [1.54, 1.807) is 0 Å². The number of hydrogen-bond acceptors (Lipinski definition) is 0. The van der Waals surface area contributed by atoms with Gasteiger partial charge in [-0.3, -0.25) is 0 Å². The van der Waals surface area contributed by atoms with Gasteiger partial charge in [-0.05, 0) is 0 Å². The summed E-state index contributed by atoms with van der Waals surface area (Å²) in [5.41, 5.74) is 0. The maximum Gasteiger partial charge on any atom is 1.00 e. The Balaban J connectivity index is 0. The summed E-state index contributed by atoms with van der Waals surface area (Å²) in [6.45, 7) is 0. The van der Waals surface area contributed by atoms with Gasteiger partial charge in [0.25, 0.3) is 0 Å². The molecule has 22 heavy (non-hydrogen) atoms. The summed E-state index contributed by atoms with van der Waals surface area (Å²) in [6, 6.07) is 0. The molecule has 0 aliphatic heterocycles. The van der Waals surface area contributed by atoms with E-state index >= 15 is 0 Å². The summed E-state index contributed by atoms with van der Waals surface area (Å²) >= 11 is 0. The van der Waals surface area contributed by atoms with Crippen LogP contribution in [-0.4, -0.2) is 38.3 Å². The molecular formula is H14Na2O16V4-16. The van der Waals surface area contributed by atoms with Gasteiger partial charge in [-0.1, -0.05) is 0 Å². The van der Waals surface area contributed by atoms with Crippen molar-refractivity contribution < 1.29 is 221 Å². The van der Waals surface area contributed by atoms with E-state index < -0.39 is 0 Å². The van der Waals surface area contributed by atoms with Crippen LogP contribution >= 0.6 is 0 Å². The third kappa shape index (κ3) is 893. The Morgan fingerprint density at radius 3 is 0.182 bits per heavy atom. The first-order valence-corrected chi connectivity index (χ1v) is 0. The Kier molecular flexibility index (Phi) is 52900. The van der Waals surface area contributed by atoms with E-state index in [9.17, 15) is 0 Å². The molecule has 0 aromatic carbocycles. The second-order valence-electron chi connectivity index (χ2n) is 0. The first-order valence-electron chi connectivity index (χ1n) is 0. The first-order chi connectivity index (χ1) is 0. The summed E-state index contributed by atoms with van der Waals surface area (Å²) in [5, 5.41) is 0.